The van der Waals surface area contributed by atoms with E-state index in [0.29, 0.717) is 12.3 Å². The van der Waals surface area contributed by atoms with Crippen molar-refractivity contribution in [2.24, 2.45) is 11.8 Å². The van der Waals surface area contributed by atoms with Crippen molar-refractivity contribution in [3.8, 4) is 0 Å². The highest BCUT2D eigenvalue weighted by molar-refractivity contribution is 7.90. The smallest absolute Gasteiger partial charge is 0.338 e. The molecule has 1 aromatic rings. The van der Waals surface area contributed by atoms with Gasteiger partial charge >= 0.3 is 5.97 Å². The van der Waals surface area contributed by atoms with Gasteiger partial charge in [-0.3, -0.25) is 4.79 Å². The van der Waals surface area contributed by atoms with Crippen molar-refractivity contribution in [3.63, 3.8) is 0 Å². The van der Waals surface area contributed by atoms with Crippen LogP contribution in [0.15, 0.2) is 23.1 Å². The van der Waals surface area contributed by atoms with E-state index in [1.807, 2.05) is 6.92 Å². The normalized spacial score (nSPS) is 17.9. The van der Waals surface area contributed by atoms with Gasteiger partial charge in [0.15, 0.2) is 9.84 Å². The quantitative estimate of drug-likeness (QED) is 0.642. The van der Waals surface area contributed by atoms with E-state index in [1.165, 1.54) is 18.2 Å². The van der Waals surface area contributed by atoms with Gasteiger partial charge in [0.1, 0.15) is 0 Å². The zero-order chi connectivity index (χ0) is 20.0. The Balaban J connectivity index is 0.00000392. The second-order valence-electron chi connectivity index (χ2n) is 7.07. The Bertz CT molecular complexity index is 792. The van der Waals surface area contributed by atoms with E-state index in [9.17, 15) is 18.0 Å². The molecule has 2 rings (SSSR count). The molecule has 0 aromatic heterocycles. The SMILES string of the molecule is CCOC(=O)c1cc(NC(=O)CC(C)C2CCCNC2)cc(S(C)(=O)=O)c1.Cl. The maximum absolute atomic E-state index is 12.4. The van der Waals surface area contributed by atoms with E-state index in [0.717, 1.165) is 32.2 Å². The summed E-state index contributed by atoms with van der Waals surface area (Å²) in [6.45, 7) is 5.82. The monoisotopic (exact) mass is 432 g/mol. The summed E-state index contributed by atoms with van der Waals surface area (Å²) in [7, 11) is -3.54. The van der Waals surface area contributed by atoms with Crippen molar-refractivity contribution in [2.75, 3.05) is 31.3 Å². The molecule has 1 heterocycles. The Morgan fingerprint density at radius 2 is 2.04 bits per heavy atom. The predicted octanol–water partition coefficient (Wildman–Crippen LogP) is 2.65. The molecule has 1 aliphatic heterocycles. The highest BCUT2D eigenvalue weighted by Crippen LogP contribution is 2.24. The van der Waals surface area contributed by atoms with Crippen molar-refractivity contribution < 1.29 is 22.7 Å². The fourth-order valence-electron chi connectivity index (χ4n) is 3.25. The van der Waals surface area contributed by atoms with Crippen LogP contribution in [0.2, 0.25) is 0 Å². The average molecular weight is 433 g/mol. The molecule has 0 saturated carbocycles. The first-order valence-corrected chi connectivity index (χ1v) is 11.1. The van der Waals surface area contributed by atoms with Crippen LogP contribution in [0, 0.1) is 11.8 Å². The molecule has 2 unspecified atom stereocenters. The Morgan fingerprint density at radius 1 is 1.32 bits per heavy atom. The summed E-state index contributed by atoms with van der Waals surface area (Å²) >= 11 is 0. The zero-order valence-corrected chi connectivity index (χ0v) is 18.1. The molecule has 7 nitrogen and oxygen atoms in total. The lowest BCUT2D eigenvalue weighted by Crippen LogP contribution is -2.34. The molecule has 0 bridgehead atoms. The molecule has 158 valence electrons. The van der Waals surface area contributed by atoms with Gasteiger partial charge in [-0.25, -0.2) is 13.2 Å². The van der Waals surface area contributed by atoms with Crippen LogP contribution < -0.4 is 10.6 Å². The molecule has 28 heavy (non-hydrogen) atoms. The number of ether oxygens (including phenoxy) is 1. The Labute approximate surface area is 172 Å². The molecule has 1 aromatic carbocycles. The second kappa shape index (κ2) is 10.8. The van der Waals surface area contributed by atoms with Gasteiger partial charge in [-0.2, -0.15) is 0 Å². The highest BCUT2D eigenvalue weighted by atomic mass is 35.5. The Kier molecular flexibility index (Phi) is 9.39. The third kappa shape index (κ3) is 7.07. The number of nitrogens with one attached hydrogen (secondary N) is 2. The number of rotatable bonds is 7. The van der Waals surface area contributed by atoms with Gasteiger partial charge in [0.05, 0.1) is 17.1 Å². The third-order valence-electron chi connectivity index (χ3n) is 4.78. The lowest BCUT2D eigenvalue weighted by molar-refractivity contribution is -0.117. The number of esters is 1. The number of amides is 1. The summed E-state index contributed by atoms with van der Waals surface area (Å²) in [6, 6.07) is 4.07. The maximum Gasteiger partial charge on any atom is 0.338 e. The summed E-state index contributed by atoms with van der Waals surface area (Å²) in [5.41, 5.74) is 0.375. The molecule has 1 amide bonds. The number of hydrogen-bond donors (Lipinski definition) is 2. The maximum atomic E-state index is 12.4. The molecule has 9 heteroatoms. The van der Waals surface area contributed by atoms with Gasteiger partial charge in [0.2, 0.25) is 5.91 Å². The van der Waals surface area contributed by atoms with E-state index in [4.69, 9.17) is 4.74 Å². The number of halogens is 1. The molecule has 0 radical (unpaired) electrons. The molecule has 0 aliphatic carbocycles. The number of carbonyl (C=O) groups excluding carboxylic acids is 2. The van der Waals surface area contributed by atoms with Gasteiger partial charge in [-0.05, 0) is 62.9 Å². The van der Waals surface area contributed by atoms with Gasteiger partial charge in [-0.1, -0.05) is 6.92 Å². The summed E-state index contributed by atoms with van der Waals surface area (Å²) in [6.07, 6.45) is 3.60. The van der Waals surface area contributed by atoms with Gasteiger partial charge in [-0.15, -0.1) is 12.4 Å². The third-order valence-corrected chi connectivity index (χ3v) is 5.87. The molecular weight excluding hydrogens is 404 g/mol. The minimum Gasteiger partial charge on any atom is -0.462 e. The lowest BCUT2D eigenvalue weighted by atomic mass is 9.85. The molecule has 2 atom stereocenters. The largest absolute Gasteiger partial charge is 0.462 e. The van der Waals surface area contributed by atoms with Crippen molar-refractivity contribution in [3.05, 3.63) is 23.8 Å². The first-order chi connectivity index (χ1) is 12.7. The number of piperidine rings is 1. The van der Waals surface area contributed by atoms with Crippen molar-refractivity contribution >= 4 is 39.8 Å². The molecule has 0 spiro atoms. The average Bonchev–Trinajstić information content (AvgIpc) is 2.61. The number of anilines is 1. The molecule has 1 aliphatic rings. The summed E-state index contributed by atoms with van der Waals surface area (Å²) in [5, 5.41) is 6.08. The van der Waals surface area contributed by atoms with Gasteiger partial charge in [0.25, 0.3) is 0 Å². The van der Waals surface area contributed by atoms with Crippen LogP contribution in [0.3, 0.4) is 0 Å². The first-order valence-electron chi connectivity index (χ1n) is 9.23. The minimum absolute atomic E-state index is 0. The zero-order valence-electron chi connectivity index (χ0n) is 16.5. The van der Waals surface area contributed by atoms with Crippen LogP contribution in [0.1, 0.15) is 43.5 Å². The summed E-state index contributed by atoms with van der Waals surface area (Å²) in [5.74, 6) is -0.170. The summed E-state index contributed by atoms with van der Waals surface area (Å²) in [4.78, 5) is 24.4. The van der Waals surface area contributed by atoms with Crippen molar-refractivity contribution in [2.45, 2.75) is 38.0 Å². The van der Waals surface area contributed by atoms with E-state index in [-0.39, 0.29) is 47.0 Å². The van der Waals surface area contributed by atoms with Crippen LogP contribution >= 0.6 is 12.4 Å². The number of benzene rings is 1. The topological polar surface area (TPSA) is 102 Å². The second-order valence-corrected chi connectivity index (χ2v) is 9.09. The molecule has 1 fully saturated rings. The van der Waals surface area contributed by atoms with Crippen LogP contribution in [0.25, 0.3) is 0 Å². The number of carbonyl (C=O) groups is 2. The fraction of sp³-hybridized carbons (Fsp3) is 0.579. The number of sulfone groups is 1. The van der Waals surface area contributed by atoms with Gasteiger partial charge in [0, 0.05) is 18.4 Å². The molecule has 1 saturated heterocycles. The lowest BCUT2D eigenvalue weighted by Gasteiger charge is -2.28. The van der Waals surface area contributed by atoms with Gasteiger partial charge < -0.3 is 15.4 Å². The minimum atomic E-state index is -3.54. The summed E-state index contributed by atoms with van der Waals surface area (Å²) < 4.78 is 28.8. The van der Waals surface area contributed by atoms with Crippen LogP contribution in [0.5, 0.6) is 0 Å². The Morgan fingerprint density at radius 3 is 2.61 bits per heavy atom. The fourth-order valence-corrected chi connectivity index (χ4v) is 3.94. The van der Waals surface area contributed by atoms with E-state index in [2.05, 4.69) is 10.6 Å². The van der Waals surface area contributed by atoms with Crippen LogP contribution in [0.4, 0.5) is 5.69 Å². The Hall–Kier alpha value is -1.64. The number of hydrogen-bond acceptors (Lipinski definition) is 6. The predicted molar refractivity (Wildman–Crippen MR) is 111 cm³/mol. The van der Waals surface area contributed by atoms with E-state index >= 15 is 0 Å². The standard InChI is InChI=1S/C19H28N2O5S.ClH/c1-4-26-19(23)15-9-16(11-17(10-15)27(3,24)25)21-18(22)8-13(2)14-6-5-7-20-12-14;/h9-11,13-14,20H,4-8,12H2,1-3H3,(H,21,22);1H. The highest BCUT2D eigenvalue weighted by Gasteiger charge is 2.22. The van der Waals surface area contributed by atoms with Crippen LogP contribution in [-0.2, 0) is 19.4 Å². The van der Waals surface area contributed by atoms with Crippen LogP contribution in [-0.4, -0.2) is 46.2 Å². The van der Waals surface area contributed by atoms with Crippen molar-refractivity contribution in [1.29, 1.82) is 0 Å². The molecular formula is C19H29ClN2O5S. The van der Waals surface area contributed by atoms with E-state index in [1.54, 1.807) is 6.92 Å². The molecule has 2 N–H and O–H groups in total. The first kappa shape index (κ1) is 24.4. The van der Waals surface area contributed by atoms with E-state index < -0.39 is 15.8 Å². The van der Waals surface area contributed by atoms with Crippen molar-refractivity contribution in [1.82, 2.24) is 5.32 Å².